The SMILES string of the molecule is COC(=O)Cc1cc(C(F)F)nc(CN)c1C#N. The van der Waals surface area contributed by atoms with Crippen molar-refractivity contribution in [2.24, 2.45) is 5.73 Å². The number of hydrogen-bond acceptors (Lipinski definition) is 5. The maximum absolute atomic E-state index is 12.6. The molecule has 1 aromatic heterocycles. The summed E-state index contributed by atoms with van der Waals surface area (Å²) in [6.07, 6.45) is -3.06. The number of alkyl halides is 2. The van der Waals surface area contributed by atoms with Crippen molar-refractivity contribution in [3.63, 3.8) is 0 Å². The summed E-state index contributed by atoms with van der Waals surface area (Å²) in [7, 11) is 1.17. The maximum atomic E-state index is 12.6. The van der Waals surface area contributed by atoms with Gasteiger partial charge >= 0.3 is 5.97 Å². The van der Waals surface area contributed by atoms with E-state index in [1.165, 1.54) is 7.11 Å². The number of ether oxygens (including phenoxy) is 1. The lowest BCUT2D eigenvalue weighted by Gasteiger charge is -2.09. The van der Waals surface area contributed by atoms with Crippen LogP contribution in [-0.2, 0) is 22.5 Å². The van der Waals surface area contributed by atoms with Gasteiger partial charge in [-0.1, -0.05) is 0 Å². The Balaban J connectivity index is 3.32. The smallest absolute Gasteiger partial charge is 0.310 e. The molecule has 1 aromatic rings. The van der Waals surface area contributed by atoms with Crippen molar-refractivity contribution in [1.82, 2.24) is 4.98 Å². The van der Waals surface area contributed by atoms with Gasteiger partial charge in [-0.25, -0.2) is 13.8 Å². The highest BCUT2D eigenvalue weighted by Crippen LogP contribution is 2.22. The molecular weight excluding hydrogens is 244 g/mol. The number of hydrogen-bond donors (Lipinski definition) is 1. The summed E-state index contributed by atoms with van der Waals surface area (Å²) in [6, 6.07) is 2.84. The average molecular weight is 255 g/mol. The van der Waals surface area contributed by atoms with Gasteiger partial charge in [0.1, 0.15) is 11.8 Å². The normalized spacial score (nSPS) is 10.2. The summed E-state index contributed by atoms with van der Waals surface area (Å²) in [4.78, 5) is 14.8. The van der Waals surface area contributed by atoms with Gasteiger partial charge in [0, 0.05) is 6.54 Å². The molecule has 0 aliphatic rings. The topological polar surface area (TPSA) is 89.0 Å². The fourth-order valence-corrected chi connectivity index (χ4v) is 1.44. The van der Waals surface area contributed by atoms with Crippen molar-refractivity contribution >= 4 is 5.97 Å². The van der Waals surface area contributed by atoms with Crippen LogP contribution in [0.15, 0.2) is 6.07 Å². The lowest BCUT2D eigenvalue weighted by Crippen LogP contribution is -2.12. The minimum absolute atomic E-state index is 0.0484. The van der Waals surface area contributed by atoms with Gasteiger partial charge in [-0.3, -0.25) is 4.79 Å². The van der Waals surface area contributed by atoms with Gasteiger partial charge in [0.25, 0.3) is 6.43 Å². The molecule has 0 atom stereocenters. The van der Waals surface area contributed by atoms with Gasteiger partial charge in [0.05, 0.1) is 24.8 Å². The predicted molar refractivity (Wildman–Crippen MR) is 57.5 cm³/mol. The van der Waals surface area contributed by atoms with Crippen molar-refractivity contribution in [1.29, 1.82) is 5.26 Å². The van der Waals surface area contributed by atoms with E-state index in [9.17, 15) is 13.6 Å². The van der Waals surface area contributed by atoms with Crippen LogP contribution in [0.25, 0.3) is 0 Å². The highest BCUT2D eigenvalue weighted by Gasteiger charge is 2.18. The second-order valence-electron chi connectivity index (χ2n) is 3.40. The van der Waals surface area contributed by atoms with Crippen molar-refractivity contribution in [2.75, 3.05) is 7.11 Å². The first kappa shape index (κ1) is 14.0. The van der Waals surface area contributed by atoms with Gasteiger partial charge in [-0.2, -0.15) is 5.26 Å². The summed E-state index contributed by atoms with van der Waals surface area (Å²) in [5, 5.41) is 8.96. The summed E-state index contributed by atoms with van der Waals surface area (Å²) in [6.45, 7) is -0.155. The van der Waals surface area contributed by atoms with Gasteiger partial charge in [0.2, 0.25) is 0 Å². The third-order valence-corrected chi connectivity index (χ3v) is 2.29. The summed E-state index contributed by atoms with van der Waals surface area (Å²) >= 11 is 0. The van der Waals surface area contributed by atoms with Crippen LogP contribution in [0.5, 0.6) is 0 Å². The number of carbonyl (C=O) groups excluding carboxylic acids is 1. The van der Waals surface area contributed by atoms with Crippen LogP contribution in [0.1, 0.15) is 28.9 Å². The van der Waals surface area contributed by atoms with E-state index in [-0.39, 0.29) is 29.8 Å². The number of nitrogens with two attached hydrogens (primary N) is 1. The molecule has 5 nitrogen and oxygen atoms in total. The fourth-order valence-electron chi connectivity index (χ4n) is 1.44. The van der Waals surface area contributed by atoms with Crippen LogP contribution in [0.4, 0.5) is 8.78 Å². The molecule has 0 aromatic carbocycles. The quantitative estimate of drug-likeness (QED) is 0.813. The van der Waals surface area contributed by atoms with E-state index in [0.717, 1.165) is 6.07 Å². The van der Waals surface area contributed by atoms with E-state index < -0.39 is 18.1 Å². The van der Waals surface area contributed by atoms with E-state index in [4.69, 9.17) is 11.0 Å². The standard InChI is InChI=1S/C11H11F2N3O2/c1-18-10(17)3-6-2-8(11(12)13)16-9(5-15)7(6)4-14/h2,11H,3,5,15H2,1H3. The minimum Gasteiger partial charge on any atom is -0.469 e. The van der Waals surface area contributed by atoms with Gasteiger partial charge in [0.15, 0.2) is 0 Å². The van der Waals surface area contributed by atoms with E-state index >= 15 is 0 Å². The number of nitriles is 1. The Morgan fingerprint density at radius 1 is 1.67 bits per heavy atom. The Hall–Kier alpha value is -2.07. The molecule has 0 unspecified atom stereocenters. The Labute approximate surface area is 102 Å². The van der Waals surface area contributed by atoms with E-state index in [2.05, 4.69) is 9.72 Å². The Bertz CT molecular complexity index is 498. The molecule has 18 heavy (non-hydrogen) atoms. The van der Waals surface area contributed by atoms with Crippen LogP contribution in [-0.4, -0.2) is 18.1 Å². The maximum Gasteiger partial charge on any atom is 0.310 e. The van der Waals surface area contributed by atoms with Crippen molar-refractivity contribution in [2.45, 2.75) is 19.4 Å². The zero-order chi connectivity index (χ0) is 13.7. The monoisotopic (exact) mass is 255 g/mol. The molecule has 96 valence electrons. The lowest BCUT2D eigenvalue weighted by molar-refractivity contribution is -0.139. The number of esters is 1. The fraction of sp³-hybridized carbons (Fsp3) is 0.364. The predicted octanol–water partition coefficient (Wildman–Crippen LogP) is 1.07. The van der Waals surface area contributed by atoms with E-state index in [1.54, 1.807) is 0 Å². The molecule has 0 aliphatic carbocycles. The lowest BCUT2D eigenvalue weighted by atomic mass is 10.0. The van der Waals surface area contributed by atoms with E-state index in [1.807, 2.05) is 6.07 Å². The number of carbonyl (C=O) groups is 1. The highest BCUT2D eigenvalue weighted by atomic mass is 19.3. The van der Waals surface area contributed by atoms with Crippen molar-refractivity contribution in [3.05, 3.63) is 28.6 Å². The van der Waals surface area contributed by atoms with Gasteiger partial charge in [-0.05, 0) is 11.6 Å². The Morgan fingerprint density at radius 2 is 2.33 bits per heavy atom. The molecule has 7 heteroatoms. The molecule has 2 N–H and O–H groups in total. The third-order valence-electron chi connectivity index (χ3n) is 2.29. The molecule has 0 fully saturated rings. The Morgan fingerprint density at radius 3 is 2.78 bits per heavy atom. The highest BCUT2D eigenvalue weighted by molar-refractivity contribution is 5.73. The summed E-state index contributed by atoms with van der Waals surface area (Å²) in [5.74, 6) is -0.624. The third kappa shape index (κ3) is 2.99. The molecule has 0 spiro atoms. The first-order valence-electron chi connectivity index (χ1n) is 5.01. The summed E-state index contributed by atoms with van der Waals surface area (Å²) < 4.78 is 29.7. The Kier molecular flexibility index (Phi) is 4.68. The molecule has 1 rings (SSSR count). The number of rotatable bonds is 4. The molecule has 0 amide bonds. The number of halogens is 2. The van der Waals surface area contributed by atoms with Crippen molar-refractivity contribution in [3.8, 4) is 6.07 Å². The first-order valence-corrected chi connectivity index (χ1v) is 5.01. The van der Waals surface area contributed by atoms with Gasteiger partial charge in [-0.15, -0.1) is 0 Å². The van der Waals surface area contributed by atoms with Crippen LogP contribution in [0.2, 0.25) is 0 Å². The second kappa shape index (κ2) is 6.02. The molecule has 0 radical (unpaired) electrons. The average Bonchev–Trinajstić information content (AvgIpc) is 2.37. The van der Waals surface area contributed by atoms with E-state index in [0.29, 0.717) is 0 Å². The molecule has 0 saturated carbocycles. The van der Waals surface area contributed by atoms with Crippen LogP contribution >= 0.6 is 0 Å². The molecule has 0 bridgehead atoms. The van der Waals surface area contributed by atoms with Gasteiger partial charge < -0.3 is 10.5 Å². The molecule has 0 saturated heterocycles. The molecule has 0 aliphatic heterocycles. The number of methoxy groups -OCH3 is 1. The number of pyridine rings is 1. The largest absolute Gasteiger partial charge is 0.469 e. The number of nitrogens with zero attached hydrogens (tertiary/aromatic N) is 2. The van der Waals surface area contributed by atoms with Crippen molar-refractivity contribution < 1.29 is 18.3 Å². The zero-order valence-electron chi connectivity index (χ0n) is 9.61. The first-order chi connectivity index (χ1) is 8.53. The van der Waals surface area contributed by atoms with Crippen LogP contribution < -0.4 is 5.73 Å². The zero-order valence-corrected chi connectivity index (χ0v) is 9.61. The number of aromatic nitrogens is 1. The van der Waals surface area contributed by atoms with Crippen LogP contribution in [0, 0.1) is 11.3 Å². The molecule has 1 heterocycles. The van der Waals surface area contributed by atoms with Crippen LogP contribution in [0.3, 0.4) is 0 Å². The molecular formula is C11H11F2N3O2. The summed E-state index contributed by atoms with van der Waals surface area (Å²) in [5.41, 5.74) is 5.09. The minimum atomic E-state index is -2.79. The second-order valence-corrected chi connectivity index (χ2v) is 3.40.